The number of hydrogen-bond acceptors (Lipinski definition) is 2. The fourth-order valence-corrected chi connectivity index (χ4v) is 1.69. The molecule has 1 aromatic carbocycles. The molecule has 17 heavy (non-hydrogen) atoms. The van der Waals surface area contributed by atoms with Crippen LogP contribution in [-0.4, -0.2) is 18.2 Å². The van der Waals surface area contributed by atoms with E-state index >= 15 is 0 Å². The normalized spacial score (nSPS) is 11.4. The Hall–Kier alpha value is -1.65. The lowest BCUT2D eigenvalue weighted by Gasteiger charge is -2.24. The molecule has 0 saturated heterocycles. The number of carbonyl (C=O) groups is 1. The van der Waals surface area contributed by atoms with Crippen LogP contribution < -0.4 is 4.74 Å². The van der Waals surface area contributed by atoms with Gasteiger partial charge in [-0.15, -0.1) is 0 Å². The summed E-state index contributed by atoms with van der Waals surface area (Å²) in [5.74, 6) is -3.41. The third-order valence-electron chi connectivity index (χ3n) is 2.59. The highest BCUT2D eigenvalue weighted by Gasteiger charge is 2.29. The average Bonchev–Trinajstić information content (AvgIpc) is 2.19. The third kappa shape index (κ3) is 2.72. The van der Waals surface area contributed by atoms with Crippen molar-refractivity contribution in [3.63, 3.8) is 0 Å². The molecule has 0 aliphatic rings. The number of carboxylic acids is 1. The molecule has 1 aromatic rings. The van der Waals surface area contributed by atoms with Gasteiger partial charge in [0.1, 0.15) is 0 Å². The Kier molecular flexibility index (Phi) is 3.70. The van der Waals surface area contributed by atoms with Crippen LogP contribution in [0.25, 0.3) is 0 Å². The zero-order valence-electron chi connectivity index (χ0n) is 9.88. The summed E-state index contributed by atoms with van der Waals surface area (Å²) < 4.78 is 31.9. The zero-order chi connectivity index (χ0) is 13.2. The summed E-state index contributed by atoms with van der Waals surface area (Å²) in [7, 11) is 1.24. The Morgan fingerprint density at radius 2 is 1.94 bits per heavy atom. The predicted octanol–water partition coefficient (Wildman–Crippen LogP) is 2.73. The van der Waals surface area contributed by atoms with E-state index in [1.165, 1.54) is 19.2 Å². The lowest BCUT2D eigenvalue weighted by atomic mass is 9.81. The van der Waals surface area contributed by atoms with Crippen molar-refractivity contribution in [2.45, 2.75) is 25.7 Å². The molecule has 0 aliphatic heterocycles. The van der Waals surface area contributed by atoms with E-state index in [0.717, 1.165) is 0 Å². The Labute approximate surface area is 98.0 Å². The number of halogens is 2. The van der Waals surface area contributed by atoms with Gasteiger partial charge in [0.25, 0.3) is 0 Å². The molecule has 0 amide bonds. The molecule has 5 heteroatoms. The summed E-state index contributed by atoms with van der Waals surface area (Å²) in [6.45, 7) is 3.09. The molecule has 0 atom stereocenters. The van der Waals surface area contributed by atoms with Gasteiger partial charge in [0.05, 0.1) is 13.5 Å². The first kappa shape index (κ1) is 13.4. The van der Waals surface area contributed by atoms with Gasteiger partial charge in [-0.05, 0) is 11.6 Å². The molecule has 94 valence electrons. The van der Waals surface area contributed by atoms with Crippen molar-refractivity contribution < 1.29 is 23.4 Å². The van der Waals surface area contributed by atoms with Crippen molar-refractivity contribution in [1.82, 2.24) is 0 Å². The maximum atomic E-state index is 13.7. The summed E-state index contributed by atoms with van der Waals surface area (Å²) in [6.07, 6.45) is -0.282. The van der Waals surface area contributed by atoms with Gasteiger partial charge in [0.15, 0.2) is 11.6 Å². The molecule has 0 heterocycles. The summed E-state index contributed by atoms with van der Waals surface area (Å²) in [6, 6.07) is 2.64. The molecule has 0 radical (unpaired) electrons. The van der Waals surface area contributed by atoms with E-state index < -0.39 is 23.0 Å². The Balaban J connectivity index is 3.24. The summed E-state index contributed by atoms with van der Waals surface area (Å²) in [5, 5.41) is 8.73. The van der Waals surface area contributed by atoms with Crippen LogP contribution in [0.2, 0.25) is 0 Å². The maximum absolute atomic E-state index is 13.7. The van der Waals surface area contributed by atoms with Crippen LogP contribution in [0.15, 0.2) is 12.1 Å². The molecular formula is C12H14F2O3. The van der Waals surface area contributed by atoms with Crippen LogP contribution >= 0.6 is 0 Å². The molecule has 0 fully saturated rings. The molecule has 0 aromatic heterocycles. The van der Waals surface area contributed by atoms with Gasteiger partial charge in [0, 0.05) is 5.41 Å². The molecule has 0 saturated carbocycles. The number of rotatable bonds is 4. The highest BCUT2D eigenvalue weighted by atomic mass is 19.2. The Morgan fingerprint density at radius 3 is 2.41 bits per heavy atom. The van der Waals surface area contributed by atoms with Crippen molar-refractivity contribution in [2.75, 3.05) is 7.11 Å². The lowest BCUT2D eigenvalue weighted by Crippen LogP contribution is -2.23. The molecule has 1 N–H and O–H groups in total. The Bertz CT molecular complexity index is 442. The van der Waals surface area contributed by atoms with E-state index in [0.29, 0.717) is 0 Å². The number of hydrogen-bond donors (Lipinski definition) is 1. The second-order valence-corrected chi connectivity index (χ2v) is 4.40. The van der Waals surface area contributed by atoms with E-state index in [-0.39, 0.29) is 17.7 Å². The molecule has 0 spiro atoms. The van der Waals surface area contributed by atoms with E-state index in [2.05, 4.69) is 4.74 Å². The molecule has 0 unspecified atom stereocenters. The van der Waals surface area contributed by atoms with Crippen LogP contribution in [0.5, 0.6) is 5.75 Å². The van der Waals surface area contributed by atoms with Crippen LogP contribution in [0.4, 0.5) is 8.78 Å². The lowest BCUT2D eigenvalue weighted by molar-refractivity contribution is -0.138. The quantitative estimate of drug-likeness (QED) is 0.885. The summed E-state index contributed by atoms with van der Waals surface area (Å²) in [5.41, 5.74) is -0.957. The van der Waals surface area contributed by atoms with E-state index in [9.17, 15) is 13.6 Å². The minimum atomic E-state index is -1.09. The maximum Gasteiger partial charge on any atom is 0.304 e. The minimum absolute atomic E-state index is 0.0261. The highest BCUT2D eigenvalue weighted by molar-refractivity contribution is 5.69. The van der Waals surface area contributed by atoms with Gasteiger partial charge in [-0.1, -0.05) is 19.9 Å². The first-order chi connectivity index (χ1) is 7.79. The Morgan fingerprint density at radius 1 is 1.35 bits per heavy atom. The van der Waals surface area contributed by atoms with E-state index in [1.807, 2.05) is 0 Å². The molecule has 0 aliphatic carbocycles. The topological polar surface area (TPSA) is 46.5 Å². The van der Waals surface area contributed by atoms with Crippen molar-refractivity contribution >= 4 is 5.97 Å². The first-order valence-electron chi connectivity index (χ1n) is 5.04. The second kappa shape index (κ2) is 4.69. The van der Waals surface area contributed by atoms with Crippen molar-refractivity contribution in [2.24, 2.45) is 0 Å². The highest BCUT2D eigenvalue weighted by Crippen LogP contribution is 2.33. The van der Waals surface area contributed by atoms with Crippen molar-refractivity contribution in [1.29, 1.82) is 0 Å². The van der Waals surface area contributed by atoms with Gasteiger partial charge in [-0.2, -0.15) is 4.39 Å². The predicted molar refractivity (Wildman–Crippen MR) is 58.2 cm³/mol. The smallest absolute Gasteiger partial charge is 0.304 e. The van der Waals surface area contributed by atoms with E-state index in [4.69, 9.17) is 5.11 Å². The number of methoxy groups -OCH3 is 1. The fourth-order valence-electron chi connectivity index (χ4n) is 1.69. The first-order valence-corrected chi connectivity index (χ1v) is 5.04. The molecular weight excluding hydrogens is 230 g/mol. The van der Waals surface area contributed by atoms with Crippen LogP contribution in [-0.2, 0) is 10.2 Å². The minimum Gasteiger partial charge on any atom is -0.494 e. The summed E-state index contributed by atoms with van der Waals surface area (Å²) in [4.78, 5) is 10.7. The van der Waals surface area contributed by atoms with Gasteiger partial charge >= 0.3 is 5.97 Å². The number of aliphatic carboxylic acids is 1. The van der Waals surface area contributed by atoms with Gasteiger partial charge in [-0.25, -0.2) is 4.39 Å². The second-order valence-electron chi connectivity index (χ2n) is 4.40. The zero-order valence-corrected chi connectivity index (χ0v) is 9.88. The van der Waals surface area contributed by atoms with Crippen LogP contribution in [0.3, 0.4) is 0 Å². The van der Waals surface area contributed by atoms with Gasteiger partial charge < -0.3 is 9.84 Å². The number of benzene rings is 1. The SMILES string of the molecule is COc1ccc(C(C)(C)CC(=O)O)c(F)c1F. The van der Waals surface area contributed by atoms with Crippen molar-refractivity contribution in [3.8, 4) is 5.75 Å². The monoisotopic (exact) mass is 244 g/mol. The standard InChI is InChI=1S/C12H14F2O3/c1-12(2,6-9(15)16)7-4-5-8(17-3)11(14)10(7)13/h4-5H,6H2,1-3H3,(H,15,16). The number of ether oxygens (including phenoxy) is 1. The number of carboxylic acid groups (broad SMARTS) is 1. The van der Waals surface area contributed by atoms with Crippen LogP contribution in [0, 0.1) is 11.6 Å². The molecule has 1 rings (SSSR count). The third-order valence-corrected chi connectivity index (χ3v) is 2.59. The average molecular weight is 244 g/mol. The van der Waals surface area contributed by atoms with Crippen molar-refractivity contribution in [3.05, 3.63) is 29.3 Å². The van der Waals surface area contributed by atoms with Crippen LogP contribution in [0.1, 0.15) is 25.8 Å². The fraction of sp³-hybridized carbons (Fsp3) is 0.417. The molecule has 3 nitrogen and oxygen atoms in total. The van der Waals surface area contributed by atoms with Gasteiger partial charge in [0.2, 0.25) is 5.82 Å². The largest absolute Gasteiger partial charge is 0.494 e. The van der Waals surface area contributed by atoms with E-state index in [1.54, 1.807) is 13.8 Å². The molecule has 0 bridgehead atoms. The van der Waals surface area contributed by atoms with Gasteiger partial charge in [-0.3, -0.25) is 4.79 Å². The summed E-state index contributed by atoms with van der Waals surface area (Å²) >= 11 is 0.